The predicted octanol–water partition coefficient (Wildman–Crippen LogP) is 5.28. The highest BCUT2D eigenvalue weighted by Gasteiger charge is 2.37. The summed E-state index contributed by atoms with van der Waals surface area (Å²) < 4.78 is 31.7. The molecule has 1 atom stereocenters. The fourth-order valence-electron chi connectivity index (χ4n) is 4.43. The molecular weight excluding hydrogens is 432 g/mol. The van der Waals surface area contributed by atoms with E-state index in [-0.39, 0.29) is 17.2 Å². The van der Waals surface area contributed by atoms with Crippen LogP contribution in [0.5, 0.6) is 0 Å². The number of rotatable bonds is 4. The van der Waals surface area contributed by atoms with Crippen molar-refractivity contribution in [3.8, 4) is 5.69 Å². The summed E-state index contributed by atoms with van der Waals surface area (Å²) in [6.07, 6.45) is 1.98. The van der Waals surface area contributed by atoms with E-state index < -0.39 is 16.1 Å². The molecule has 6 heteroatoms. The highest BCUT2D eigenvalue weighted by Crippen LogP contribution is 2.39. The van der Waals surface area contributed by atoms with Crippen LogP contribution in [0.15, 0.2) is 96.0 Å². The normalized spacial score (nSPS) is 16.0. The van der Waals surface area contributed by atoms with Crippen molar-refractivity contribution in [1.82, 2.24) is 8.87 Å². The van der Waals surface area contributed by atoms with E-state index in [4.69, 9.17) is 0 Å². The number of Topliss-reactive ketones (excluding diaryl/α,β-unsaturated/α-hetero) is 1. The molecule has 166 valence electrons. The summed E-state index contributed by atoms with van der Waals surface area (Å²) >= 11 is 0. The first-order valence-corrected chi connectivity index (χ1v) is 12.3. The number of para-hydroxylation sites is 1. The summed E-state index contributed by atoms with van der Waals surface area (Å²) in [7, 11) is -3.89. The van der Waals surface area contributed by atoms with E-state index in [9.17, 15) is 13.2 Å². The van der Waals surface area contributed by atoms with Gasteiger partial charge in [0.15, 0.2) is 5.78 Å². The molecule has 1 aliphatic heterocycles. The molecule has 4 aromatic rings. The number of benzene rings is 3. The maximum Gasteiger partial charge on any atom is 0.244 e. The lowest BCUT2D eigenvalue weighted by Crippen LogP contribution is -2.34. The molecule has 0 bridgehead atoms. The molecule has 3 aromatic carbocycles. The lowest BCUT2D eigenvalue weighted by molar-refractivity contribution is 0.101. The quantitative estimate of drug-likeness (QED) is 0.393. The standard InChI is InChI=1S/C27H24N2O3S/c1-19-9-11-22(12-10-19)27-26-8-5-17-28(26)25-7-4-3-6-23(25)18-29(27)33(31,32)24-15-13-21(14-16-24)20(2)30/h3-17,27H,18H2,1-2H3/t27-/m0/s1. The third kappa shape index (κ3) is 3.71. The van der Waals surface area contributed by atoms with Crippen molar-refractivity contribution in [2.45, 2.75) is 31.3 Å². The molecule has 5 nitrogen and oxygen atoms in total. The summed E-state index contributed by atoms with van der Waals surface area (Å²) in [4.78, 5) is 11.9. The van der Waals surface area contributed by atoms with Crippen LogP contribution >= 0.6 is 0 Å². The smallest absolute Gasteiger partial charge is 0.244 e. The molecule has 0 radical (unpaired) electrons. The van der Waals surface area contributed by atoms with Crippen LogP contribution in [0.3, 0.4) is 0 Å². The number of ketones is 1. The number of aryl methyl sites for hydroxylation is 1. The number of carbonyl (C=O) groups excluding carboxylic acids is 1. The van der Waals surface area contributed by atoms with Crippen LogP contribution in [-0.4, -0.2) is 23.1 Å². The van der Waals surface area contributed by atoms with Gasteiger partial charge in [-0.2, -0.15) is 4.31 Å². The van der Waals surface area contributed by atoms with Crippen LogP contribution in [0.2, 0.25) is 0 Å². The Labute approximate surface area is 194 Å². The van der Waals surface area contributed by atoms with Gasteiger partial charge in [0.05, 0.1) is 10.9 Å². The topological polar surface area (TPSA) is 59.4 Å². The molecule has 2 heterocycles. The Hall–Kier alpha value is -3.48. The van der Waals surface area contributed by atoms with E-state index in [0.29, 0.717) is 5.56 Å². The fourth-order valence-corrected chi connectivity index (χ4v) is 6.00. The summed E-state index contributed by atoms with van der Waals surface area (Å²) in [5.74, 6) is -0.0991. The average Bonchev–Trinajstić information content (AvgIpc) is 3.24. The highest BCUT2D eigenvalue weighted by molar-refractivity contribution is 7.89. The van der Waals surface area contributed by atoms with Crippen molar-refractivity contribution in [1.29, 1.82) is 0 Å². The molecule has 0 N–H and O–H groups in total. The minimum Gasteiger partial charge on any atom is -0.319 e. The van der Waals surface area contributed by atoms with Crippen LogP contribution in [0, 0.1) is 6.92 Å². The predicted molar refractivity (Wildman–Crippen MR) is 128 cm³/mol. The second kappa shape index (κ2) is 8.14. The molecular formula is C27H24N2O3S. The lowest BCUT2D eigenvalue weighted by atomic mass is 10.0. The summed E-state index contributed by atoms with van der Waals surface area (Å²) in [6, 6.07) is 25.5. The number of hydrogen-bond donors (Lipinski definition) is 0. The SMILES string of the molecule is CC(=O)c1ccc(S(=O)(=O)N2Cc3ccccc3-n3cccc3[C@@H]2c2ccc(C)cc2)cc1. The average molecular weight is 457 g/mol. The zero-order valence-electron chi connectivity index (χ0n) is 18.5. The van der Waals surface area contributed by atoms with Crippen molar-refractivity contribution >= 4 is 15.8 Å². The second-order valence-corrected chi connectivity index (χ2v) is 10.3. The van der Waals surface area contributed by atoms with Gasteiger partial charge in [0, 0.05) is 29.7 Å². The van der Waals surface area contributed by atoms with Gasteiger partial charge >= 0.3 is 0 Å². The Bertz CT molecular complexity index is 1440. The van der Waals surface area contributed by atoms with Crippen LogP contribution < -0.4 is 0 Å². The minimum atomic E-state index is -3.89. The van der Waals surface area contributed by atoms with E-state index in [2.05, 4.69) is 4.57 Å². The number of aromatic nitrogens is 1. The van der Waals surface area contributed by atoms with Gasteiger partial charge in [0.25, 0.3) is 0 Å². The van der Waals surface area contributed by atoms with Crippen molar-refractivity contribution in [3.63, 3.8) is 0 Å². The van der Waals surface area contributed by atoms with Crippen molar-refractivity contribution < 1.29 is 13.2 Å². The zero-order chi connectivity index (χ0) is 23.2. The maximum absolute atomic E-state index is 14.0. The third-order valence-corrected chi connectivity index (χ3v) is 8.01. The van der Waals surface area contributed by atoms with Gasteiger partial charge in [-0.05, 0) is 55.3 Å². The first kappa shape index (κ1) is 21.4. The Morgan fingerprint density at radius 2 is 1.58 bits per heavy atom. The van der Waals surface area contributed by atoms with Crippen molar-refractivity contribution in [2.24, 2.45) is 0 Å². The van der Waals surface area contributed by atoms with Crippen LogP contribution in [0.1, 0.15) is 45.7 Å². The third-order valence-electron chi connectivity index (χ3n) is 6.19. The molecule has 1 aromatic heterocycles. The molecule has 0 spiro atoms. The Kier molecular flexibility index (Phi) is 5.27. The van der Waals surface area contributed by atoms with E-state index in [0.717, 1.165) is 28.1 Å². The molecule has 0 amide bonds. The van der Waals surface area contributed by atoms with Crippen molar-refractivity contribution in [3.05, 3.63) is 119 Å². The van der Waals surface area contributed by atoms with Gasteiger partial charge in [-0.25, -0.2) is 8.42 Å². The molecule has 0 fully saturated rings. The molecule has 0 saturated heterocycles. The Balaban J connectivity index is 1.72. The van der Waals surface area contributed by atoms with Gasteiger partial charge in [0.2, 0.25) is 10.0 Å². The maximum atomic E-state index is 14.0. The number of hydrogen-bond acceptors (Lipinski definition) is 3. The largest absolute Gasteiger partial charge is 0.319 e. The number of carbonyl (C=O) groups is 1. The summed E-state index contributed by atoms with van der Waals surface area (Å²) in [5, 5.41) is 0. The molecule has 0 saturated carbocycles. The summed E-state index contributed by atoms with van der Waals surface area (Å²) in [5.41, 5.74) is 5.28. The van der Waals surface area contributed by atoms with Crippen LogP contribution in [-0.2, 0) is 16.6 Å². The zero-order valence-corrected chi connectivity index (χ0v) is 19.3. The molecule has 5 rings (SSSR count). The van der Waals surface area contributed by atoms with E-state index in [1.807, 2.05) is 73.8 Å². The van der Waals surface area contributed by atoms with E-state index in [1.54, 1.807) is 16.4 Å². The van der Waals surface area contributed by atoms with Gasteiger partial charge < -0.3 is 4.57 Å². The monoisotopic (exact) mass is 456 g/mol. The van der Waals surface area contributed by atoms with Gasteiger partial charge in [-0.15, -0.1) is 0 Å². The van der Waals surface area contributed by atoms with Crippen LogP contribution in [0.25, 0.3) is 5.69 Å². The lowest BCUT2D eigenvalue weighted by Gasteiger charge is -2.30. The molecule has 1 aliphatic rings. The minimum absolute atomic E-state index is 0.0991. The fraction of sp³-hybridized carbons (Fsp3) is 0.148. The van der Waals surface area contributed by atoms with Gasteiger partial charge in [-0.3, -0.25) is 4.79 Å². The van der Waals surface area contributed by atoms with Crippen LogP contribution in [0.4, 0.5) is 0 Å². The molecule has 0 unspecified atom stereocenters. The van der Waals surface area contributed by atoms with Gasteiger partial charge in [-0.1, -0.05) is 60.2 Å². The first-order valence-electron chi connectivity index (χ1n) is 10.8. The highest BCUT2D eigenvalue weighted by atomic mass is 32.2. The number of fused-ring (bicyclic) bond motifs is 3. The van der Waals surface area contributed by atoms with E-state index in [1.165, 1.54) is 19.1 Å². The van der Waals surface area contributed by atoms with Crippen molar-refractivity contribution in [2.75, 3.05) is 0 Å². The number of nitrogens with zero attached hydrogens (tertiary/aromatic N) is 2. The summed E-state index contributed by atoms with van der Waals surface area (Å²) in [6.45, 7) is 3.71. The van der Waals surface area contributed by atoms with Gasteiger partial charge in [0.1, 0.15) is 0 Å². The Morgan fingerprint density at radius 3 is 2.27 bits per heavy atom. The molecule has 0 aliphatic carbocycles. The molecule has 33 heavy (non-hydrogen) atoms. The number of sulfonamides is 1. The van der Waals surface area contributed by atoms with E-state index >= 15 is 0 Å². The first-order chi connectivity index (χ1) is 15.9. The second-order valence-electron chi connectivity index (χ2n) is 8.38. The Morgan fingerprint density at radius 1 is 0.879 bits per heavy atom.